The SMILES string of the molecule is CCN1CCN(c2ccc(NC(=O)NC(Cc3ccccc3)C(=O)O)cc2)CC1. The zero-order valence-corrected chi connectivity index (χ0v) is 16.7. The lowest BCUT2D eigenvalue weighted by Crippen LogP contribution is -2.46. The number of amides is 2. The third kappa shape index (κ3) is 5.96. The molecule has 3 N–H and O–H groups in total. The van der Waals surface area contributed by atoms with Crippen molar-refractivity contribution >= 4 is 23.4 Å². The fourth-order valence-corrected chi connectivity index (χ4v) is 3.45. The van der Waals surface area contributed by atoms with E-state index in [0.29, 0.717) is 5.69 Å². The van der Waals surface area contributed by atoms with Gasteiger partial charge in [0.1, 0.15) is 6.04 Å². The lowest BCUT2D eigenvalue weighted by Gasteiger charge is -2.35. The molecule has 2 aromatic carbocycles. The summed E-state index contributed by atoms with van der Waals surface area (Å²) in [5, 5.41) is 14.7. The van der Waals surface area contributed by atoms with Crippen LogP contribution in [0.2, 0.25) is 0 Å². The molecule has 0 spiro atoms. The van der Waals surface area contributed by atoms with Gasteiger partial charge in [0, 0.05) is 44.0 Å². The van der Waals surface area contributed by atoms with Crippen LogP contribution in [0.25, 0.3) is 0 Å². The smallest absolute Gasteiger partial charge is 0.326 e. The third-order valence-electron chi connectivity index (χ3n) is 5.20. The standard InChI is InChI=1S/C22H28N4O3/c1-2-25-12-14-26(15-13-25)19-10-8-18(9-11-19)23-22(29)24-20(21(27)28)16-17-6-4-3-5-7-17/h3-11,20H,2,12-16H2,1H3,(H,27,28)(H2,23,24,29). The van der Waals surface area contributed by atoms with Gasteiger partial charge in [-0.1, -0.05) is 37.3 Å². The third-order valence-corrected chi connectivity index (χ3v) is 5.20. The van der Waals surface area contributed by atoms with Crippen molar-refractivity contribution in [2.24, 2.45) is 0 Å². The number of carboxylic acids is 1. The molecule has 2 amide bonds. The Morgan fingerprint density at radius 1 is 1.00 bits per heavy atom. The van der Waals surface area contributed by atoms with Crippen molar-refractivity contribution in [2.45, 2.75) is 19.4 Å². The number of carbonyl (C=O) groups is 2. The summed E-state index contributed by atoms with van der Waals surface area (Å²) in [6.07, 6.45) is 0.228. The zero-order valence-electron chi connectivity index (χ0n) is 16.7. The molecule has 7 nitrogen and oxygen atoms in total. The summed E-state index contributed by atoms with van der Waals surface area (Å²) in [4.78, 5) is 28.5. The van der Waals surface area contributed by atoms with Crippen molar-refractivity contribution in [1.29, 1.82) is 0 Å². The fraction of sp³-hybridized carbons (Fsp3) is 0.364. The van der Waals surface area contributed by atoms with Gasteiger partial charge in [-0.3, -0.25) is 0 Å². The summed E-state index contributed by atoms with van der Waals surface area (Å²) in [7, 11) is 0. The van der Waals surface area contributed by atoms with Crippen molar-refractivity contribution < 1.29 is 14.7 Å². The van der Waals surface area contributed by atoms with Crippen molar-refractivity contribution in [3.63, 3.8) is 0 Å². The van der Waals surface area contributed by atoms with Gasteiger partial charge in [-0.15, -0.1) is 0 Å². The number of nitrogens with one attached hydrogen (secondary N) is 2. The van der Waals surface area contributed by atoms with Crippen molar-refractivity contribution in [2.75, 3.05) is 42.9 Å². The van der Waals surface area contributed by atoms with Crippen LogP contribution in [-0.2, 0) is 11.2 Å². The topological polar surface area (TPSA) is 84.9 Å². The largest absolute Gasteiger partial charge is 0.480 e. The molecule has 1 unspecified atom stereocenters. The first-order valence-corrected chi connectivity index (χ1v) is 9.96. The Bertz CT molecular complexity index is 803. The number of aliphatic carboxylic acids is 1. The van der Waals surface area contributed by atoms with E-state index in [0.717, 1.165) is 44.0 Å². The molecule has 1 fully saturated rings. The number of likely N-dealkylation sites (N-methyl/N-ethyl adjacent to an activating group) is 1. The van der Waals surface area contributed by atoms with Gasteiger partial charge in [-0.2, -0.15) is 0 Å². The maximum absolute atomic E-state index is 12.3. The van der Waals surface area contributed by atoms with E-state index in [2.05, 4.69) is 27.4 Å². The molecule has 3 rings (SSSR count). The molecule has 1 saturated heterocycles. The number of anilines is 2. The predicted molar refractivity (Wildman–Crippen MR) is 114 cm³/mol. The second-order valence-electron chi connectivity index (χ2n) is 7.15. The van der Waals surface area contributed by atoms with Crippen LogP contribution in [0.5, 0.6) is 0 Å². The van der Waals surface area contributed by atoms with E-state index in [9.17, 15) is 14.7 Å². The summed E-state index contributed by atoms with van der Waals surface area (Å²) >= 11 is 0. The molecule has 7 heteroatoms. The van der Waals surface area contributed by atoms with Crippen LogP contribution in [0.15, 0.2) is 54.6 Å². The van der Waals surface area contributed by atoms with E-state index in [-0.39, 0.29) is 6.42 Å². The Morgan fingerprint density at radius 2 is 1.66 bits per heavy atom. The Balaban J connectivity index is 1.53. The highest BCUT2D eigenvalue weighted by Gasteiger charge is 2.20. The van der Waals surface area contributed by atoms with Gasteiger partial charge >= 0.3 is 12.0 Å². The number of hydrogen-bond acceptors (Lipinski definition) is 4. The normalized spacial score (nSPS) is 15.6. The van der Waals surface area contributed by atoms with Crippen LogP contribution in [-0.4, -0.2) is 60.8 Å². The molecule has 29 heavy (non-hydrogen) atoms. The first-order chi connectivity index (χ1) is 14.0. The number of hydrogen-bond donors (Lipinski definition) is 3. The minimum Gasteiger partial charge on any atom is -0.480 e. The predicted octanol–water partition coefficient (Wildman–Crippen LogP) is 2.65. The van der Waals surface area contributed by atoms with E-state index in [1.807, 2.05) is 54.6 Å². The average molecular weight is 396 g/mol. The maximum atomic E-state index is 12.3. The van der Waals surface area contributed by atoms with Crippen LogP contribution in [0, 0.1) is 0 Å². The molecule has 0 saturated carbocycles. The van der Waals surface area contributed by atoms with Gasteiger partial charge in [0.15, 0.2) is 0 Å². The molecule has 0 aliphatic carbocycles. The van der Waals surface area contributed by atoms with E-state index < -0.39 is 18.0 Å². The maximum Gasteiger partial charge on any atom is 0.326 e. The number of urea groups is 1. The van der Waals surface area contributed by atoms with Crippen molar-refractivity contribution in [1.82, 2.24) is 10.2 Å². The summed E-state index contributed by atoms with van der Waals surface area (Å²) < 4.78 is 0. The Hall–Kier alpha value is -3.06. The van der Waals surface area contributed by atoms with E-state index in [4.69, 9.17) is 0 Å². The molecule has 1 aliphatic heterocycles. The minimum absolute atomic E-state index is 0.228. The number of nitrogens with zero attached hydrogens (tertiary/aromatic N) is 2. The lowest BCUT2D eigenvalue weighted by atomic mass is 10.1. The zero-order chi connectivity index (χ0) is 20.6. The van der Waals surface area contributed by atoms with E-state index >= 15 is 0 Å². The highest BCUT2D eigenvalue weighted by atomic mass is 16.4. The number of benzene rings is 2. The summed E-state index contributed by atoms with van der Waals surface area (Å²) in [6.45, 7) is 7.33. The molecule has 0 aromatic heterocycles. The second kappa shape index (κ2) is 9.93. The molecule has 154 valence electrons. The Kier molecular flexibility index (Phi) is 7.08. The average Bonchev–Trinajstić information content (AvgIpc) is 2.74. The molecular formula is C22H28N4O3. The first kappa shape index (κ1) is 20.7. The van der Waals surface area contributed by atoms with Gasteiger partial charge in [0.2, 0.25) is 0 Å². The van der Waals surface area contributed by atoms with Crippen LogP contribution >= 0.6 is 0 Å². The molecule has 0 radical (unpaired) electrons. The van der Waals surface area contributed by atoms with Crippen LogP contribution in [0.1, 0.15) is 12.5 Å². The van der Waals surface area contributed by atoms with E-state index in [1.54, 1.807) is 0 Å². The molecule has 2 aromatic rings. The number of rotatable bonds is 7. The van der Waals surface area contributed by atoms with Gasteiger partial charge in [0.25, 0.3) is 0 Å². The summed E-state index contributed by atoms with van der Waals surface area (Å²) in [6, 6.07) is 15.4. The van der Waals surface area contributed by atoms with Crippen molar-refractivity contribution in [3.05, 3.63) is 60.2 Å². The second-order valence-corrected chi connectivity index (χ2v) is 7.15. The van der Waals surface area contributed by atoms with Gasteiger partial charge in [-0.05, 0) is 36.4 Å². The van der Waals surface area contributed by atoms with Crippen molar-refractivity contribution in [3.8, 4) is 0 Å². The lowest BCUT2D eigenvalue weighted by molar-refractivity contribution is -0.139. The molecule has 0 bridgehead atoms. The van der Waals surface area contributed by atoms with Crippen LogP contribution < -0.4 is 15.5 Å². The number of carbonyl (C=O) groups excluding carboxylic acids is 1. The number of carboxylic acid groups (broad SMARTS) is 1. The summed E-state index contributed by atoms with van der Waals surface area (Å²) in [5.41, 5.74) is 2.61. The van der Waals surface area contributed by atoms with Gasteiger partial charge in [-0.25, -0.2) is 9.59 Å². The molecule has 1 heterocycles. The number of piperazine rings is 1. The van der Waals surface area contributed by atoms with Gasteiger partial charge < -0.3 is 25.5 Å². The quantitative estimate of drug-likeness (QED) is 0.670. The van der Waals surface area contributed by atoms with Crippen LogP contribution in [0.3, 0.4) is 0 Å². The van der Waals surface area contributed by atoms with E-state index in [1.165, 1.54) is 0 Å². The monoisotopic (exact) mass is 396 g/mol. The highest BCUT2D eigenvalue weighted by Crippen LogP contribution is 2.19. The van der Waals surface area contributed by atoms with Gasteiger partial charge in [0.05, 0.1) is 0 Å². The molecular weight excluding hydrogens is 368 g/mol. The minimum atomic E-state index is -1.06. The first-order valence-electron chi connectivity index (χ1n) is 9.96. The highest BCUT2D eigenvalue weighted by molar-refractivity contribution is 5.92. The fourth-order valence-electron chi connectivity index (χ4n) is 3.45. The molecule has 1 atom stereocenters. The van der Waals surface area contributed by atoms with Crippen LogP contribution in [0.4, 0.5) is 16.2 Å². The molecule has 1 aliphatic rings. The Morgan fingerprint density at radius 3 is 2.24 bits per heavy atom. The Labute approximate surface area is 171 Å². The summed E-state index contributed by atoms with van der Waals surface area (Å²) in [5.74, 6) is -1.06.